The third-order valence-electron chi connectivity index (χ3n) is 4.15. The van der Waals surface area contributed by atoms with Crippen molar-refractivity contribution in [3.63, 3.8) is 0 Å². The first-order valence-corrected chi connectivity index (χ1v) is 11.4. The monoisotopic (exact) mass is 409 g/mol. The predicted molar refractivity (Wildman–Crippen MR) is 121 cm³/mol. The quantitative estimate of drug-likeness (QED) is 0.383. The van der Waals surface area contributed by atoms with Crippen molar-refractivity contribution in [2.24, 2.45) is 0 Å². The van der Waals surface area contributed by atoms with Crippen LogP contribution < -0.4 is 10.2 Å². The first-order valence-electron chi connectivity index (χ1n) is 9.87. The molecule has 3 rings (SSSR count). The molecule has 29 heavy (non-hydrogen) atoms. The summed E-state index contributed by atoms with van der Waals surface area (Å²) < 4.78 is 24.8. The fourth-order valence-electron chi connectivity index (χ4n) is 3.09. The van der Waals surface area contributed by atoms with Gasteiger partial charge in [-0.25, -0.2) is 0 Å². The van der Waals surface area contributed by atoms with E-state index in [0.717, 1.165) is 17.1 Å². The molecule has 152 valence electrons. The Hall–Kier alpha value is -2.39. The average molecular weight is 409 g/mol. The van der Waals surface area contributed by atoms with Crippen LogP contribution in [-0.4, -0.2) is 12.2 Å². The molecule has 4 nitrogen and oxygen atoms in total. The minimum absolute atomic E-state index is 0.204. The molecule has 0 aliphatic heterocycles. The maximum Gasteiger partial charge on any atom is 0.361 e. The van der Waals surface area contributed by atoms with Gasteiger partial charge in [-0.2, -0.15) is 0 Å². The van der Waals surface area contributed by atoms with E-state index >= 15 is 0 Å². The molecule has 0 amide bonds. The van der Waals surface area contributed by atoms with Crippen LogP contribution in [0.15, 0.2) is 84.9 Å². The summed E-state index contributed by atoms with van der Waals surface area (Å²) in [6, 6.07) is 27.9. The molecule has 0 saturated carbocycles. The van der Waals surface area contributed by atoms with Gasteiger partial charge in [-0.3, -0.25) is 4.57 Å². The topological polar surface area (TPSA) is 38.8 Å². The molecular weight excluding hydrogens is 381 g/mol. The van der Waals surface area contributed by atoms with Gasteiger partial charge in [0, 0.05) is 17.1 Å². The van der Waals surface area contributed by atoms with Gasteiger partial charge in [0.1, 0.15) is 0 Å². The molecule has 3 aromatic rings. The molecular formula is C24H28NO3P. The van der Waals surface area contributed by atoms with Gasteiger partial charge in [0.2, 0.25) is 0 Å². The zero-order valence-electron chi connectivity index (χ0n) is 17.4. The van der Waals surface area contributed by atoms with Crippen molar-refractivity contribution in [2.75, 3.05) is 4.90 Å². The Labute approximate surface area is 173 Å². The largest absolute Gasteiger partial charge is 0.361 e. The predicted octanol–water partition coefficient (Wildman–Crippen LogP) is 6.82. The van der Waals surface area contributed by atoms with Crippen molar-refractivity contribution in [3.8, 4) is 0 Å². The van der Waals surface area contributed by atoms with E-state index in [1.54, 1.807) is 0 Å². The lowest BCUT2D eigenvalue weighted by atomic mass is 10.2. The highest BCUT2D eigenvalue weighted by Gasteiger charge is 2.30. The van der Waals surface area contributed by atoms with Crippen LogP contribution in [0.5, 0.6) is 0 Å². The molecule has 0 aliphatic carbocycles. The van der Waals surface area contributed by atoms with Crippen LogP contribution in [0.25, 0.3) is 0 Å². The lowest BCUT2D eigenvalue weighted by Gasteiger charge is -2.26. The van der Waals surface area contributed by atoms with Gasteiger partial charge in [0.25, 0.3) is 0 Å². The fraction of sp³-hybridized carbons (Fsp3) is 0.250. The van der Waals surface area contributed by atoms with Gasteiger partial charge in [0.15, 0.2) is 0 Å². The van der Waals surface area contributed by atoms with E-state index < -0.39 is 7.60 Å². The number of anilines is 3. The summed E-state index contributed by atoms with van der Waals surface area (Å²) in [4.78, 5) is 2.15. The molecule has 0 atom stereocenters. The second-order valence-electron chi connectivity index (χ2n) is 7.33. The standard InChI is InChI=1S/C24H28NO3P/c1-19(2)27-29(26,28-20(3)4)24-17-15-23(16-18-24)25(21-11-7-5-8-12-21)22-13-9-6-10-14-22/h5-20H,1-4H3. The summed E-state index contributed by atoms with van der Waals surface area (Å²) in [7, 11) is -3.40. The van der Waals surface area contributed by atoms with E-state index in [1.165, 1.54) is 0 Å². The third kappa shape index (κ3) is 5.36. The highest BCUT2D eigenvalue weighted by Crippen LogP contribution is 2.49. The summed E-state index contributed by atoms with van der Waals surface area (Å²) >= 11 is 0. The SMILES string of the molecule is CC(C)OP(=O)(OC(C)C)c1ccc(N(c2ccccc2)c2ccccc2)cc1. The zero-order chi connectivity index (χ0) is 20.9. The van der Waals surface area contributed by atoms with Gasteiger partial charge in [-0.05, 0) is 76.2 Å². The maximum absolute atomic E-state index is 13.4. The molecule has 3 aromatic carbocycles. The number of para-hydroxylation sites is 2. The minimum Gasteiger partial charge on any atom is -0.311 e. The Kier molecular flexibility index (Phi) is 6.92. The third-order valence-corrected chi connectivity index (χ3v) is 6.48. The number of benzene rings is 3. The second-order valence-corrected chi connectivity index (χ2v) is 9.26. The van der Waals surface area contributed by atoms with Gasteiger partial charge in [0.05, 0.1) is 17.5 Å². The summed E-state index contributed by atoms with van der Waals surface area (Å²) in [5, 5.41) is 0.560. The molecule has 0 N–H and O–H groups in total. The average Bonchev–Trinajstić information content (AvgIpc) is 2.69. The second kappa shape index (κ2) is 9.41. The molecule has 0 heterocycles. The Morgan fingerprint density at radius 3 is 1.38 bits per heavy atom. The lowest BCUT2D eigenvalue weighted by Crippen LogP contribution is -2.17. The molecule has 0 saturated heterocycles. The van der Waals surface area contributed by atoms with E-state index in [2.05, 4.69) is 29.2 Å². The van der Waals surface area contributed by atoms with E-state index in [-0.39, 0.29) is 12.2 Å². The molecule has 0 spiro atoms. The Balaban J connectivity index is 2.00. The maximum atomic E-state index is 13.4. The number of rotatable bonds is 8. The van der Waals surface area contributed by atoms with Crippen molar-refractivity contribution >= 4 is 30.0 Å². The summed E-state index contributed by atoms with van der Waals surface area (Å²) in [5.41, 5.74) is 3.06. The van der Waals surface area contributed by atoms with Crippen LogP contribution >= 0.6 is 7.60 Å². The van der Waals surface area contributed by atoms with Crippen molar-refractivity contribution in [1.82, 2.24) is 0 Å². The van der Waals surface area contributed by atoms with E-state index in [9.17, 15) is 4.57 Å². The van der Waals surface area contributed by atoms with E-state index in [4.69, 9.17) is 9.05 Å². The number of hydrogen-bond donors (Lipinski definition) is 0. The highest BCUT2D eigenvalue weighted by atomic mass is 31.2. The van der Waals surface area contributed by atoms with Crippen molar-refractivity contribution in [2.45, 2.75) is 39.9 Å². The van der Waals surface area contributed by atoms with Crippen LogP contribution in [0.2, 0.25) is 0 Å². The first-order chi connectivity index (χ1) is 13.9. The van der Waals surface area contributed by atoms with Crippen LogP contribution in [0.3, 0.4) is 0 Å². The Morgan fingerprint density at radius 2 is 1.00 bits per heavy atom. The molecule has 0 radical (unpaired) electrons. The zero-order valence-corrected chi connectivity index (χ0v) is 18.3. The Bertz CT molecular complexity index is 887. The van der Waals surface area contributed by atoms with E-state index in [1.807, 2.05) is 88.4 Å². The first kappa shape index (κ1) is 21.3. The summed E-state index contributed by atoms with van der Waals surface area (Å²) in [6.07, 6.45) is -0.409. The van der Waals surface area contributed by atoms with Gasteiger partial charge in [-0.15, -0.1) is 0 Å². The summed E-state index contributed by atoms with van der Waals surface area (Å²) in [6.45, 7) is 7.43. The molecule has 0 fully saturated rings. The van der Waals surface area contributed by atoms with Gasteiger partial charge in [-0.1, -0.05) is 36.4 Å². The summed E-state index contributed by atoms with van der Waals surface area (Å²) in [5.74, 6) is 0. The molecule has 0 unspecified atom stereocenters. The van der Waals surface area contributed by atoms with Crippen LogP contribution in [0.1, 0.15) is 27.7 Å². The highest BCUT2D eigenvalue weighted by molar-refractivity contribution is 7.62. The molecule has 0 bridgehead atoms. The normalized spacial score (nSPS) is 11.8. The smallest absolute Gasteiger partial charge is 0.311 e. The van der Waals surface area contributed by atoms with E-state index in [0.29, 0.717) is 5.30 Å². The van der Waals surface area contributed by atoms with Crippen molar-refractivity contribution in [1.29, 1.82) is 0 Å². The Morgan fingerprint density at radius 1 is 0.621 bits per heavy atom. The van der Waals surface area contributed by atoms with Crippen LogP contribution in [-0.2, 0) is 13.6 Å². The molecule has 0 aromatic heterocycles. The van der Waals surface area contributed by atoms with Crippen molar-refractivity contribution in [3.05, 3.63) is 84.9 Å². The molecule has 0 aliphatic rings. The lowest BCUT2D eigenvalue weighted by molar-refractivity contribution is 0.150. The number of hydrogen-bond acceptors (Lipinski definition) is 4. The minimum atomic E-state index is -3.40. The molecule has 5 heteroatoms. The van der Waals surface area contributed by atoms with Gasteiger partial charge >= 0.3 is 7.60 Å². The van der Waals surface area contributed by atoms with Crippen molar-refractivity contribution < 1.29 is 13.6 Å². The fourth-order valence-corrected chi connectivity index (χ4v) is 5.00. The number of nitrogens with zero attached hydrogens (tertiary/aromatic N) is 1. The van der Waals surface area contributed by atoms with Crippen LogP contribution in [0, 0.1) is 0 Å². The van der Waals surface area contributed by atoms with Gasteiger partial charge < -0.3 is 13.9 Å². The van der Waals surface area contributed by atoms with Crippen LogP contribution in [0.4, 0.5) is 17.1 Å².